The molecule has 1 N–H and O–H groups in total. The largest absolute Gasteiger partial charge is 0.496 e. The highest BCUT2D eigenvalue weighted by Crippen LogP contribution is 2.26. The first-order valence-corrected chi connectivity index (χ1v) is 10.6. The lowest BCUT2D eigenvalue weighted by Gasteiger charge is -2.11. The molecular formula is C23H24ClN5O5. The fourth-order valence-corrected chi connectivity index (χ4v) is 3.63. The fraction of sp³-hybridized carbons (Fsp3) is 0.261. The second kappa shape index (κ2) is 10.8. The molecule has 2 aromatic carbocycles. The van der Waals surface area contributed by atoms with Crippen LogP contribution in [0.1, 0.15) is 28.1 Å². The first kappa shape index (κ1) is 24.7. The minimum atomic E-state index is -0.435. The minimum Gasteiger partial charge on any atom is -0.496 e. The van der Waals surface area contributed by atoms with Gasteiger partial charge >= 0.3 is 5.69 Å². The highest BCUT2D eigenvalue weighted by atomic mass is 35.5. The van der Waals surface area contributed by atoms with Crippen LogP contribution in [-0.2, 0) is 11.3 Å². The smallest absolute Gasteiger partial charge is 0.312 e. The highest BCUT2D eigenvalue weighted by Gasteiger charge is 2.22. The number of aryl methyl sites for hydroxylation is 2. The SMILES string of the molecule is COc1ccc(C=NNC(=O)COc2ccc(Cl)cc2C)cc1Cn1nc(C)c([N+](=O)[O-])c1C. The number of hydrogen-bond donors (Lipinski definition) is 1. The maximum absolute atomic E-state index is 12.1. The second-order valence-electron chi connectivity index (χ2n) is 7.50. The van der Waals surface area contributed by atoms with Gasteiger partial charge in [-0.2, -0.15) is 10.2 Å². The Morgan fingerprint density at radius 2 is 1.97 bits per heavy atom. The third-order valence-electron chi connectivity index (χ3n) is 5.05. The number of benzene rings is 2. The summed E-state index contributed by atoms with van der Waals surface area (Å²) in [6.45, 7) is 5.15. The Morgan fingerprint density at radius 3 is 2.62 bits per heavy atom. The van der Waals surface area contributed by atoms with Crippen LogP contribution in [0.25, 0.3) is 0 Å². The average Bonchev–Trinajstić information content (AvgIpc) is 3.06. The van der Waals surface area contributed by atoms with E-state index in [0.29, 0.717) is 33.5 Å². The number of rotatable bonds is 9. The molecule has 1 heterocycles. The summed E-state index contributed by atoms with van der Waals surface area (Å²) < 4.78 is 12.5. The first-order chi connectivity index (χ1) is 16.2. The molecule has 11 heteroatoms. The molecule has 0 saturated heterocycles. The molecular weight excluding hydrogens is 462 g/mol. The summed E-state index contributed by atoms with van der Waals surface area (Å²) in [6.07, 6.45) is 1.48. The van der Waals surface area contributed by atoms with Crippen molar-refractivity contribution in [2.45, 2.75) is 27.3 Å². The van der Waals surface area contributed by atoms with Crippen molar-refractivity contribution in [3.63, 3.8) is 0 Å². The van der Waals surface area contributed by atoms with Gasteiger partial charge in [0.25, 0.3) is 5.91 Å². The van der Waals surface area contributed by atoms with Crippen LogP contribution >= 0.6 is 11.6 Å². The molecule has 3 aromatic rings. The van der Waals surface area contributed by atoms with E-state index in [1.807, 2.05) is 13.0 Å². The van der Waals surface area contributed by atoms with Crippen LogP contribution in [0, 0.1) is 30.9 Å². The van der Waals surface area contributed by atoms with Gasteiger partial charge in [-0.1, -0.05) is 11.6 Å². The van der Waals surface area contributed by atoms with E-state index in [1.54, 1.807) is 56.0 Å². The molecule has 0 atom stereocenters. The lowest BCUT2D eigenvalue weighted by atomic mass is 10.1. The molecule has 0 radical (unpaired) electrons. The van der Waals surface area contributed by atoms with Crippen LogP contribution < -0.4 is 14.9 Å². The number of aromatic nitrogens is 2. The van der Waals surface area contributed by atoms with Gasteiger partial charge in [0.15, 0.2) is 6.61 Å². The van der Waals surface area contributed by atoms with Crippen LogP contribution in [-0.4, -0.2) is 40.5 Å². The van der Waals surface area contributed by atoms with Gasteiger partial charge < -0.3 is 9.47 Å². The summed E-state index contributed by atoms with van der Waals surface area (Å²) in [4.78, 5) is 22.9. The van der Waals surface area contributed by atoms with Gasteiger partial charge in [0.1, 0.15) is 22.9 Å². The molecule has 0 aliphatic rings. The third-order valence-corrected chi connectivity index (χ3v) is 5.28. The van der Waals surface area contributed by atoms with Crippen molar-refractivity contribution in [3.8, 4) is 11.5 Å². The number of nitrogens with zero attached hydrogens (tertiary/aromatic N) is 4. The average molecular weight is 486 g/mol. The monoisotopic (exact) mass is 485 g/mol. The normalized spacial score (nSPS) is 11.0. The summed E-state index contributed by atoms with van der Waals surface area (Å²) in [5.41, 5.74) is 5.48. The Morgan fingerprint density at radius 1 is 1.24 bits per heavy atom. The Kier molecular flexibility index (Phi) is 7.85. The second-order valence-corrected chi connectivity index (χ2v) is 7.93. The van der Waals surface area contributed by atoms with Crippen molar-refractivity contribution in [2.24, 2.45) is 5.10 Å². The van der Waals surface area contributed by atoms with Crippen molar-refractivity contribution in [3.05, 3.63) is 79.6 Å². The maximum Gasteiger partial charge on any atom is 0.312 e. The molecule has 1 amide bonds. The Hall–Kier alpha value is -3.92. The zero-order chi connectivity index (χ0) is 24.8. The molecule has 0 aliphatic heterocycles. The quantitative estimate of drug-likeness (QED) is 0.278. The van der Waals surface area contributed by atoms with E-state index in [0.717, 1.165) is 11.1 Å². The van der Waals surface area contributed by atoms with Crippen molar-refractivity contribution in [1.29, 1.82) is 0 Å². The summed E-state index contributed by atoms with van der Waals surface area (Å²) in [5, 5.41) is 20.1. The zero-order valence-corrected chi connectivity index (χ0v) is 19.9. The van der Waals surface area contributed by atoms with Crippen molar-refractivity contribution >= 4 is 29.4 Å². The number of carbonyl (C=O) groups is 1. The predicted octanol–water partition coefficient (Wildman–Crippen LogP) is 3.96. The number of amides is 1. The number of hydrazone groups is 1. The number of halogens is 1. The van der Waals surface area contributed by atoms with Crippen LogP contribution in [0.15, 0.2) is 41.5 Å². The lowest BCUT2D eigenvalue weighted by molar-refractivity contribution is -0.386. The molecule has 0 bridgehead atoms. The Labute approximate surface area is 201 Å². The fourth-order valence-electron chi connectivity index (χ4n) is 3.40. The molecule has 10 nitrogen and oxygen atoms in total. The van der Waals surface area contributed by atoms with Crippen molar-refractivity contribution < 1.29 is 19.2 Å². The van der Waals surface area contributed by atoms with E-state index in [4.69, 9.17) is 21.1 Å². The van der Waals surface area contributed by atoms with Crippen LogP contribution in [0.5, 0.6) is 11.5 Å². The maximum atomic E-state index is 12.1. The highest BCUT2D eigenvalue weighted by molar-refractivity contribution is 6.30. The standard InChI is InChI=1S/C23H24ClN5O5/c1-14-9-19(24)6-8-20(14)34-13-22(30)26-25-11-17-5-7-21(33-4)18(10-17)12-28-16(3)23(29(31)32)15(2)27-28/h5-11H,12-13H2,1-4H3,(H,26,30). The van der Waals surface area contributed by atoms with Gasteiger partial charge in [0.2, 0.25) is 0 Å². The van der Waals surface area contributed by atoms with Gasteiger partial charge in [0.05, 0.1) is 24.8 Å². The van der Waals surface area contributed by atoms with Crippen LogP contribution in [0.3, 0.4) is 0 Å². The summed E-state index contributed by atoms with van der Waals surface area (Å²) in [6, 6.07) is 10.5. The summed E-state index contributed by atoms with van der Waals surface area (Å²) >= 11 is 5.92. The van der Waals surface area contributed by atoms with E-state index in [9.17, 15) is 14.9 Å². The van der Waals surface area contributed by atoms with E-state index in [2.05, 4.69) is 15.6 Å². The third kappa shape index (κ3) is 5.90. The Balaban J connectivity index is 1.66. The van der Waals surface area contributed by atoms with E-state index in [-0.39, 0.29) is 18.8 Å². The van der Waals surface area contributed by atoms with E-state index >= 15 is 0 Å². The molecule has 0 unspecified atom stereocenters. The van der Waals surface area contributed by atoms with Gasteiger partial charge in [0, 0.05) is 10.6 Å². The van der Waals surface area contributed by atoms with Gasteiger partial charge in [-0.15, -0.1) is 0 Å². The predicted molar refractivity (Wildman–Crippen MR) is 128 cm³/mol. The molecule has 1 aromatic heterocycles. The number of carbonyl (C=O) groups excluding carboxylic acids is 1. The first-order valence-electron chi connectivity index (χ1n) is 10.3. The number of nitro groups is 1. The minimum absolute atomic E-state index is 0.00425. The lowest BCUT2D eigenvalue weighted by Crippen LogP contribution is -2.24. The van der Waals surface area contributed by atoms with E-state index in [1.165, 1.54) is 6.21 Å². The molecule has 0 fully saturated rings. The molecule has 178 valence electrons. The van der Waals surface area contributed by atoms with Crippen LogP contribution in [0.2, 0.25) is 5.02 Å². The van der Waals surface area contributed by atoms with E-state index < -0.39 is 10.8 Å². The molecule has 0 saturated carbocycles. The zero-order valence-electron chi connectivity index (χ0n) is 19.2. The number of ether oxygens (including phenoxy) is 2. The van der Waals surface area contributed by atoms with Crippen molar-refractivity contribution in [1.82, 2.24) is 15.2 Å². The topological polar surface area (TPSA) is 121 Å². The molecule has 0 aliphatic carbocycles. The van der Waals surface area contributed by atoms with Gasteiger partial charge in [-0.25, -0.2) is 5.43 Å². The van der Waals surface area contributed by atoms with Gasteiger partial charge in [-0.05, 0) is 68.3 Å². The number of methoxy groups -OCH3 is 1. The molecule has 0 spiro atoms. The number of nitrogens with one attached hydrogen (secondary N) is 1. The molecule has 3 rings (SSSR count). The number of hydrogen-bond acceptors (Lipinski definition) is 7. The van der Waals surface area contributed by atoms with Crippen molar-refractivity contribution in [2.75, 3.05) is 13.7 Å². The summed E-state index contributed by atoms with van der Waals surface area (Å²) in [7, 11) is 1.54. The Bertz CT molecular complexity index is 1250. The van der Waals surface area contributed by atoms with Crippen LogP contribution in [0.4, 0.5) is 5.69 Å². The summed E-state index contributed by atoms with van der Waals surface area (Å²) in [5.74, 6) is 0.741. The molecule has 34 heavy (non-hydrogen) atoms. The van der Waals surface area contributed by atoms with Gasteiger partial charge in [-0.3, -0.25) is 19.6 Å².